The summed E-state index contributed by atoms with van der Waals surface area (Å²) in [5, 5.41) is 0.459. The molecule has 0 radical (unpaired) electrons. The molecule has 2 aliphatic rings. The van der Waals surface area contributed by atoms with E-state index in [0.717, 1.165) is 13.1 Å². The first-order valence-corrected chi connectivity index (χ1v) is 12.6. The van der Waals surface area contributed by atoms with E-state index in [0.29, 0.717) is 35.4 Å². The number of carbonyl (C=O) groups is 1. The van der Waals surface area contributed by atoms with Gasteiger partial charge in [0.25, 0.3) is 15.9 Å². The van der Waals surface area contributed by atoms with Gasteiger partial charge in [-0.2, -0.15) is 0 Å². The number of amides is 1. The largest absolute Gasteiger partial charge is 0.336 e. The monoisotopic (exact) mass is 461 g/mol. The van der Waals surface area contributed by atoms with E-state index in [9.17, 15) is 13.2 Å². The summed E-state index contributed by atoms with van der Waals surface area (Å²) in [5.41, 5.74) is 0.863. The molecule has 1 saturated heterocycles. The second-order valence-corrected chi connectivity index (χ2v) is 10.7. The van der Waals surface area contributed by atoms with Crippen LogP contribution in [0.25, 0.3) is 0 Å². The van der Waals surface area contributed by atoms with Crippen LogP contribution in [0.5, 0.6) is 0 Å². The Morgan fingerprint density at radius 2 is 1.68 bits per heavy atom. The first-order chi connectivity index (χ1) is 14.9. The SMILES string of the molecule is CN(c1cccc(Cl)c1)S(=O)(=O)c1cccc(C(=O)N2CCN(C3CCCC3)CC2)c1. The fourth-order valence-electron chi connectivity index (χ4n) is 4.50. The molecular formula is C23H28ClN3O3S. The Hall–Kier alpha value is -2.09. The van der Waals surface area contributed by atoms with Gasteiger partial charge in [-0.15, -0.1) is 0 Å². The van der Waals surface area contributed by atoms with Crippen molar-refractivity contribution in [2.24, 2.45) is 0 Å². The summed E-state index contributed by atoms with van der Waals surface area (Å²) in [6.07, 6.45) is 5.12. The third-order valence-corrected chi connectivity index (χ3v) is 8.37. The van der Waals surface area contributed by atoms with E-state index >= 15 is 0 Å². The van der Waals surface area contributed by atoms with Gasteiger partial charge in [-0.25, -0.2) is 8.42 Å². The molecule has 2 aromatic carbocycles. The topological polar surface area (TPSA) is 60.9 Å². The smallest absolute Gasteiger partial charge is 0.264 e. The van der Waals surface area contributed by atoms with Crippen molar-refractivity contribution in [2.45, 2.75) is 36.6 Å². The zero-order valence-electron chi connectivity index (χ0n) is 17.7. The van der Waals surface area contributed by atoms with Gasteiger partial charge in [0.05, 0.1) is 10.6 Å². The first kappa shape index (κ1) is 22.1. The van der Waals surface area contributed by atoms with Gasteiger partial charge >= 0.3 is 0 Å². The number of anilines is 1. The van der Waals surface area contributed by atoms with Crippen molar-refractivity contribution in [3.05, 3.63) is 59.1 Å². The van der Waals surface area contributed by atoms with E-state index in [1.165, 1.54) is 49.2 Å². The van der Waals surface area contributed by atoms with E-state index in [2.05, 4.69) is 4.90 Å². The standard InChI is InChI=1S/C23H28ClN3O3S/c1-25(21-10-5-7-19(24)17-21)31(29,30)22-11-4-6-18(16-22)23(28)27-14-12-26(13-15-27)20-8-2-3-9-20/h4-7,10-11,16-17,20H,2-3,8-9,12-15H2,1H3. The molecule has 6 nitrogen and oxygen atoms in total. The average molecular weight is 462 g/mol. The van der Waals surface area contributed by atoms with Crippen LogP contribution in [0.1, 0.15) is 36.0 Å². The number of hydrogen-bond donors (Lipinski definition) is 0. The third-order valence-electron chi connectivity index (χ3n) is 6.35. The summed E-state index contributed by atoms with van der Waals surface area (Å²) >= 11 is 6.01. The Morgan fingerprint density at radius 1 is 1.00 bits per heavy atom. The van der Waals surface area contributed by atoms with Crippen molar-refractivity contribution in [1.29, 1.82) is 0 Å². The van der Waals surface area contributed by atoms with Gasteiger partial charge in [-0.1, -0.05) is 36.6 Å². The lowest BCUT2D eigenvalue weighted by Gasteiger charge is -2.38. The second-order valence-electron chi connectivity index (χ2n) is 8.25. The van der Waals surface area contributed by atoms with Crippen molar-refractivity contribution in [3.8, 4) is 0 Å². The zero-order chi connectivity index (χ0) is 22.0. The summed E-state index contributed by atoms with van der Waals surface area (Å²) in [4.78, 5) is 17.5. The molecular weight excluding hydrogens is 434 g/mol. The van der Waals surface area contributed by atoms with Gasteiger partial charge in [-0.3, -0.25) is 14.0 Å². The normalized spacial score (nSPS) is 18.3. The van der Waals surface area contributed by atoms with Crippen LogP contribution >= 0.6 is 11.6 Å². The second kappa shape index (κ2) is 9.18. The van der Waals surface area contributed by atoms with Crippen LogP contribution in [0.4, 0.5) is 5.69 Å². The van der Waals surface area contributed by atoms with Gasteiger partial charge in [0.1, 0.15) is 0 Å². The van der Waals surface area contributed by atoms with Gasteiger partial charge in [0.15, 0.2) is 0 Å². The molecule has 8 heteroatoms. The van der Waals surface area contributed by atoms with Crippen LogP contribution in [-0.2, 0) is 10.0 Å². The van der Waals surface area contributed by atoms with E-state index in [-0.39, 0.29) is 10.8 Å². The minimum atomic E-state index is -3.82. The summed E-state index contributed by atoms with van der Waals surface area (Å²) in [5.74, 6) is -0.117. The Balaban J connectivity index is 1.48. The molecule has 0 atom stereocenters. The van der Waals surface area contributed by atoms with Crippen LogP contribution in [0.15, 0.2) is 53.4 Å². The first-order valence-electron chi connectivity index (χ1n) is 10.7. The molecule has 1 saturated carbocycles. The fraction of sp³-hybridized carbons (Fsp3) is 0.435. The van der Waals surface area contributed by atoms with Crippen molar-refractivity contribution in [3.63, 3.8) is 0 Å². The highest BCUT2D eigenvalue weighted by Gasteiger charge is 2.29. The lowest BCUT2D eigenvalue weighted by Crippen LogP contribution is -2.51. The highest BCUT2D eigenvalue weighted by atomic mass is 35.5. The molecule has 1 heterocycles. The number of hydrogen-bond acceptors (Lipinski definition) is 4. The molecule has 0 unspecified atom stereocenters. The summed E-state index contributed by atoms with van der Waals surface area (Å²) < 4.78 is 27.5. The number of rotatable bonds is 5. The van der Waals surface area contributed by atoms with Crippen molar-refractivity contribution in [1.82, 2.24) is 9.80 Å². The zero-order valence-corrected chi connectivity index (χ0v) is 19.3. The maximum absolute atomic E-state index is 13.1. The van der Waals surface area contributed by atoms with E-state index in [1.807, 2.05) is 4.90 Å². The van der Waals surface area contributed by atoms with E-state index < -0.39 is 10.0 Å². The predicted octanol–water partition coefficient (Wildman–Crippen LogP) is 3.87. The molecule has 2 aromatic rings. The van der Waals surface area contributed by atoms with Crippen LogP contribution < -0.4 is 4.31 Å². The molecule has 4 rings (SSSR count). The van der Waals surface area contributed by atoms with Crippen molar-refractivity contribution >= 4 is 33.2 Å². The maximum Gasteiger partial charge on any atom is 0.264 e. The number of carbonyl (C=O) groups excluding carboxylic acids is 1. The number of halogens is 1. The van der Waals surface area contributed by atoms with Gasteiger partial charge in [0.2, 0.25) is 0 Å². The van der Waals surface area contributed by atoms with Crippen LogP contribution in [0.3, 0.4) is 0 Å². The summed E-state index contributed by atoms with van der Waals surface area (Å²) in [7, 11) is -2.34. The average Bonchev–Trinajstić information content (AvgIpc) is 3.33. The van der Waals surface area contributed by atoms with Gasteiger partial charge < -0.3 is 4.90 Å². The van der Waals surface area contributed by atoms with Crippen molar-refractivity contribution in [2.75, 3.05) is 37.5 Å². The molecule has 1 amide bonds. The molecule has 1 aliphatic carbocycles. The number of piperazine rings is 1. The minimum absolute atomic E-state index is 0.0883. The Labute approximate surface area is 189 Å². The number of nitrogens with zero attached hydrogens (tertiary/aromatic N) is 3. The molecule has 0 bridgehead atoms. The molecule has 1 aliphatic heterocycles. The lowest BCUT2D eigenvalue weighted by molar-refractivity contribution is 0.0573. The predicted molar refractivity (Wildman–Crippen MR) is 123 cm³/mol. The van der Waals surface area contributed by atoms with Crippen molar-refractivity contribution < 1.29 is 13.2 Å². The number of benzene rings is 2. The Bertz CT molecular complexity index is 1050. The summed E-state index contributed by atoms with van der Waals surface area (Å²) in [6.45, 7) is 3.11. The fourth-order valence-corrected chi connectivity index (χ4v) is 5.92. The molecule has 0 spiro atoms. The van der Waals surface area contributed by atoms with Crippen LogP contribution in [0.2, 0.25) is 5.02 Å². The summed E-state index contributed by atoms with van der Waals surface area (Å²) in [6, 6.07) is 13.6. The lowest BCUT2D eigenvalue weighted by atomic mass is 10.1. The molecule has 2 fully saturated rings. The third kappa shape index (κ3) is 4.73. The molecule has 166 valence electrons. The highest BCUT2D eigenvalue weighted by Crippen LogP contribution is 2.26. The quantitative estimate of drug-likeness (QED) is 0.678. The molecule has 0 aromatic heterocycles. The Morgan fingerprint density at radius 3 is 2.35 bits per heavy atom. The van der Waals surface area contributed by atoms with Crippen LogP contribution in [-0.4, -0.2) is 63.4 Å². The van der Waals surface area contributed by atoms with E-state index in [1.54, 1.807) is 36.4 Å². The van der Waals surface area contributed by atoms with Crippen LogP contribution in [0, 0.1) is 0 Å². The highest BCUT2D eigenvalue weighted by molar-refractivity contribution is 7.92. The Kier molecular flexibility index (Phi) is 6.55. The number of sulfonamides is 1. The molecule has 31 heavy (non-hydrogen) atoms. The molecule has 0 N–H and O–H groups in total. The van der Waals surface area contributed by atoms with Gasteiger partial charge in [-0.05, 0) is 49.2 Å². The van der Waals surface area contributed by atoms with E-state index in [4.69, 9.17) is 11.6 Å². The minimum Gasteiger partial charge on any atom is -0.336 e. The van der Waals surface area contributed by atoms with Gasteiger partial charge in [0, 0.05) is 49.9 Å². The maximum atomic E-state index is 13.1.